The molecule has 0 saturated heterocycles. The fourth-order valence-electron chi connectivity index (χ4n) is 3.31. The van der Waals surface area contributed by atoms with Gasteiger partial charge in [-0.15, -0.1) is 0 Å². The number of aromatic nitrogens is 3. The van der Waals surface area contributed by atoms with Gasteiger partial charge in [-0.25, -0.2) is 0 Å². The molecule has 0 amide bonds. The zero-order valence-electron chi connectivity index (χ0n) is 15.2. The topological polar surface area (TPSA) is 104 Å². The summed E-state index contributed by atoms with van der Waals surface area (Å²) in [6.45, 7) is 4.09. The molecule has 27 heavy (non-hydrogen) atoms. The van der Waals surface area contributed by atoms with Crippen molar-refractivity contribution >= 4 is 11.5 Å². The number of rotatable bonds is 4. The number of ketones is 1. The van der Waals surface area contributed by atoms with Crippen molar-refractivity contribution in [3.8, 4) is 28.6 Å². The number of nitrogens with two attached hydrogens (primary N) is 1. The lowest BCUT2D eigenvalue weighted by atomic mass is 9.85. The van der Waals surface area contributed by atoms with Crippen LogP contribution in [-0.4, -0.2) is 26.5 Å². The zero-order chi connectivity index (χ0) is 19.0. The van der Waals surface area contributed by atoms with E-state index in [-0.39, 0.29) is 5.78 Å². The van der Waals surface area contributed by atoms with Crippen LogP contribution in [0.15, 0.2) is 41.2 Å². The van der Waals surface area contributed by atoms with Crippen molar-refractivity contribution in [1.82, 2.24) is 15.1 Å². The van der Waals surface area contributed by atoms with Crippen LogP contribution < -0.4 is 10.5 Å². The van der Waals surface area contributed by atoms with Crippen LogP contribution in [-0.2, 0) is 0 Å². The molecule has 2 aromatic heterocycles. The molecule has 138 valence electrons. The molecule has 1 aliphatic heterocycles. The molecule has 0 unspecified atom stereocenters. The maximum atomic E-state index is 12.7. The van der Waals surface area contributed by atoms with E-state index in [2.05, 4.69) is 15.1 Å². The van der Waals surface area contributed by atoms with Crippen molar-refractivity contribution < 1.29 is 14.1 Å². The SMILES string of the molecule is CCC1(CC)CC(=O)c2cc(-c3noc(-c4cncc(N)c4)n3)ccc2O1. The van der Waals surface area contributed by atoms with Gasteiger partial charge in [-0.1, -0.05) is 19.0 Å². The largest absolute Gasteiger partial charge is 0.486 e. The van der Waals surface area contributed by atoms with E-state index in [1.165, 1.54) is 0 Å². The Balaban J connectivity index is 1.68. The van der Waals surface area contributed by atoms with Crippen molar-refractivity contribution in [2.24, 2.45) is 0 Å². The summed E-state index contributed by atoms with van der Waals surface area (Å²) in [4.78, 5) is 21.1. The van der Waals surface area contributed by atoms with Crippen LogP contribution in [0.25, 0.3) is 22.8 Å². The third kappa shape index (κ3) is 3.05. The Labute approximate surface area is 156 Å². The minimum absolute atomic E-state index is 0.0746. The van der Waals surface area contributed by atoms with E-state index >= 15 is 0 Å². The number of benzene rings is 1. The number of nitrogen functional groups attached to an aromatic ring is 1. The molecule has 3 heterocycles. The Hall–Kier alpha value is -3.22. The smallest absolute Gasteiger partial charge is 0.259 e. The monoisotopic (exact) mass is 364 g/mol. The molecular formula is C20H20N4O3. The number of fused-ring (bicyclic) bond motifs is 1. The van der Waals surface area contributed by atoms with Crippen LogP contribution in [0, 0.1) is 0 Å². The van der Waals surface area contributed by atoms with Crippen molar-refractivity contribution in [2.45, 2.75) is 38.7 Å². The van der Waals surface area contributed by atoms with Crippen LogP contribution in [0.5, 0.6) is 5.75 Å². The molecule has 0 radical (unpaired) electrons. The fourth-order valence-corrected chi connectivity index (χ4v) is 3.31. The molecule has 0 fully saturated rings. The predicted octanol–water partition coefficient (Wildman–Crippen LogP) is 3.90. The Morgan fingerprint density at radius 3 is 2.70 bits per heavy atom. The highest BCUT2D eigenvalue weighted by Crippen LogP contribution is 2.38. The van der Waals surface area contributed by atoms with Gasteiger partial charge in [0.2, 0.25) is 5.82 Å². The molecule has 7 nitrogen and oxygen atoms in total. The molecule has 3 aromatic rings. The normalized spacial score (nSPS) is 15.3. The van der Waals surface area contributed by atoms with Gasteiger partial charge in [0.15, 0.2) is 5.78 Å². The van der Waals surface area contributed by atoms with E-state index in [4.69, 9.17) is 15.0 Å². The summed E-state index contributed by atoms with van der Waals surface area (Å²) in [5, 5.41) is 4.02. The first-order valence-electron chi connectivity index (χ1n) is 8.95. The maximum Gasteiger partial charge on any atom is 0.259 e. The Kier molecular flexibility index (Phi) is 4.14. The van der Waals surface area contributed by atoms with E-state index in [1.807, 2.05) is 19.9 Å². The minimum atomic E-state index is -0.412. The van der Waals surface area contributed by atoms with Crippen molar-refractivity contribution in [1.29, 1.82) is 0 Å². The molecular weight excluding hydrogens is 344 g/mol. The summed E-state index contributed by atoms with van der Waals surface area (Å²) in [7, 11) is 0. The van der Waals surface area contributed by atoms with Gasteiger partial charge in [0.05, 0.1) is 23.2 Å². The van der Waals surface area contributed by atoms with Gasteiger partial charge in [0.1, 0.15) is 11.4 Å². The molecule has 4 rings (SSSR count). The van der Waals surface area contributed by atoms with Gasteiger partial charge >= 0.3 is 0 Å². The highest BCUT2D eigenvalue weighted by atomic mass is 16.5. The fraction of sp³-hybridized carbons (Fsp3) is 0.300. The second-order valence-electron chi connectivity index (χ2n) is 6.73. The third-order valence-electron chi connectivity index (χ3n) is 5.07. The summed E-state index contributed by atoms with van der Waals surface area (Å²) in [5.41, 5.74) is 7.74. The summed E-state index contributed by atoms with van der Waals surface area (Å²) in [6, 6.07) is 7.11. The minimum Gasteiger partial charge on any atom is -0.486 e. The number of hydrogen-bond donors (Lipinski definition) is 1. The molecule has 0 aliphatic carbocycles. The molecule has 2 N–H and O–H groups in total. The van der Waals surface area contributed by atoms with Crippen molar-refractivity contribution in [3.63, 3.8) is 0 Å². The lowest BCUT2D eigenvalue weighted by Crippen LogP contribution is -2.40. The lowest BCUT2D eigenvalue weighted by molar-refractivity contribution is 0.0350. The average molecular weight is 364 g/mol. The van der Waals surface area contributed by atoms with Crippen LogP contribution >= 0.6 is 0 Å². The van der Waals surface area contributed by atoms with Crippen molar-refractivity contribution in [3.05, 3.63) is 42.2 Å². The third-order valence-corrected chi connectivity index (χ3v) is 5.07. The highest BCUT2D eigenvalue weighted by Gasteiger charge is 2.37. The van der Waals surface area contributed by atoms with Crippen LogP contribution in [0.3, 0.4) is 0 Å². The number of nitrogens with zero attached hydrogens (tertiary/aromatic N) is 3. The Bertz CT molecular complexity index is 1010. The highest BCUT2D eigenvalue weighted by molar-refractivity contribution is 6.01. The van der Waals surface area contributed by atoms with E-state index in [9.17, 15) is 4.79 Å². The molecule has 0 saturated carbocycles. The lowest BCUT2D eigenvalue weighted by Gasteiger charge is -2.36. The van der Waals surface area contributed by atoms with E-state index in [1.54, 1.807) is 30.6 Å². The van der Waals surface area contributed by atoms with E-state index in [0.717, 1.165) is 12.8 Å². The standard InChI is InChI=1S/C20H20N4O3/c1-3-20(4-2)9-16(25)15-8-12(5-6-17(15)26-20)18-23-19(27-24-18)13-7-14(21)11-22-10-13/h5-8,10-11H,3-4,9,21H2,1-2H3. The maximum absolute atomic E-state index is 12.7. The Morgan fingerprint density at radius 2 is 1.96 bits per heavy atom. The van der Waals surface area contributed by atoms with E-state index in [0.29, 0.717) is 46.3 Å². The second-order valence-corrected chi connectivity index (χ2v) is 6.73. The molecule has 0 bridgehead atoms. The zero-order valence-corrected chi connectivity index (χ0v) is 15.2. The molecule has 7 heteroatoms. The van der Waals surface area contributed by atoms with Gasteiger partial charge in [-0.2, -0.15) is 4.98 Å². The number of pyridine rings is 1. The van der Waals surface area contributed by atoms with Gasteiger partial charge in [-0.3, -0.25) is 9.78 Å². The molecule has 0 atom stereocenters. The van der Waals surface area contributed by atoms with E-state index < -0.39 is 5.60 Å². The summed E-state index contributed by atoms with van der Waals surface area (Å²) in [5.74, 6) is 1.40. The number of carbonyl (C=O) groups is 1. The number of anilines is 1. The summed E-state index contributed by atoms with van der Waals surface area (Å²) in [6.07, 6.45) is 5.11. The first-order valence-corrected chi connectivity index (χ1v) is 8.95. The number of ether oxygens (including phenoxy) is 1. The summed E-state index contributed by atoms with van der Waals surface area (Å²) >= 11 is 0. The van der Waals surface area contributed by atoms with Crippen LogP contribution in [0.4, 0.5) is 5.69 Å². The van der Waals surface area contributed by atoms with Gasteiger partial charge < -0.3 is 15.0 Å². The van der Waals surface area contributed by atoms with Crippen molar-refractivity contribution in [2.75, 3.05) is 5.73 Å². The van der Waals surface area contributed by atoms with Gasteiger partial charge in [0, 0.05) is 18.0 Å². The molecule has 1 aliphatic rings. The molecule has 1 aromatic carbocycles. The predicted molar refractivity (Wildman–Crippen MR) is 100 cm³/mol. The Morgan fingerprint density at radius 1 is 1.15 bits per heavy atom. The van der Waals surface area contributed by atoms with Crippen LogP contribution in [0.2, 0.25) is 0 Å². The average Bonchev–Trinajstić information content (AvgIpc) is 3.18. The van der Waals surface area contributed by atoms with Gasteiger partial charge in [-0.05, 0) is 37.1 Å². The first-order chi connectivity index (χ1) is 13.0. The summed E-state index contributed by atoms with van der Waals surface area (Å²) < 4.78 is 11.5. The van der Waals surface area contributed by atoms with Gasteiger partial charge in [0.25, 0.3) is 5.89 Å². The number of Topliss-reactive ketones (excluding diaryl/α,β-unsaturated/α-hetero) is 1. The first kappa shape index (κ1) is 17.2. The quantitative estimate of drug-likeness (QED) is 0.748. The number of carbonyl (C=O) groups excluding carboxylic acids is 1. The molecule has 0 spiro atoms. The second kappa shape index (κ2) is 6.50. The number of hydrogen-bond acceptors (Lipinski definition) is 7. The van der Waals surface area contributed by atoms with Crippen LogP contribution in [0.1, 0.15) is 43.5 Å².